The number of nitrogens with one attached hydrogen (secondary N) is 1. The lowest BCUT2D eigenvalue weighted by Gasteiger charge is -2.06. The van der Waals surface area contributed by atoms with E-state index in [9.17, 15) is 4.79 Å². The molecule has 0 aliphatic rings. The van der Waals surface area contributed by atoms with Gasteiger partial charge in [0, 0.05) is 11.9 Å². The molecular weight excluding hydrogens is 200 g/mol. The first-order valence-corrected chi connectivity index (χ1v) is 5.30. The lowest BCUT2D eigenvalue weighted by Crippen LogP contribution is -2.02. The Hall–Kier alpha value is -1.90. The molecule has 1 unspecified atom stereocenters. The second-order valence-corrected chi connectivity index (χ2v) is 3.70. The van der Waals surface area contributed by atoms with Gasteiger partial charge in [-0.25, -0.2) is 4.98 Å². The van der Waals surface area contributed by atoms with Crippen LogP contribution in [-0.4, -0.2) is 16.3 Å². The van der Waals surface area contributed by atoms with E-state index in [1.54, 1.807) is 12.5 Å². The highest BCUT2D eigenvalue weighted by Gasteiger charge is 2.12. The predicted molar refractivity (Wildman–Crippen MR) is 61.8 cm³/mol. The molecule has 1 radical (unpaired) electrons. The summed E-state index contributed by atoms with van der Waals surface area (Å²) in [4.78, 5) is 17.7. The fourth-order valence-electron chi connectivity index (χ4n) is 1.69. The van der Waals surface area contributed by atoms with E-state index in [0.717, 1.165) is 18.5 Å². The van der Waals surface area contributed by atoms with Crippen LogP contribution >= 0.6 is 0 Å². The average Bonchev–Trinajstić information content (AvgIpc) is 2.85. The Morgan fingerprint density at radius 1 is 1.31 bits per heavy atom. The molecule has 2 rings (SSSR count). The number of hydrogen-bond acceptors (Lipinski definition) is 2. The summed E-state index contributed by atoms with van der Waals surface area (Å²) in [6.45, 7) is 0. The average molecular weight is 213 g/mol. The van der Waals surface area contributed by atoms with E-state index >= 15 is 0 Å². The molecule has 1 N–H and O–H groups in total. The summed E-state index contributed by atoms with van der Waals surface area (Å²) in [5, 5.41) is 0. The number of nitrogens with zero attached hydrogens (tertiary/aromatic N) is 1. The highest BCUT2D eigenvalue weighted by Crippen LogP contribution is 2.17. The van der Waals surface area contributed by atoms with Gasteiger partial charge in [0.05, 0.1) is 12.2 Å². The molecule has 0 saturated carbocycles. The molecule has 3 heteroatoms. The Labute approximate surface area is 94.5 Å². The zero-order valence-electron chi connectivity index (χ0n) is 8.89. The molecule has 0 spiro atoms. The minimum atomic E-state index is -0.206. The van der Waals surface area contributed by atoms with Crippen LogP contribution in [-0.2, 0) is 11.2 Å². The van der Waals surface area contributed by atoms with Crippen LogP contribution < -0.4 is 0 Å². The van der Waals surface area contributed by atoms with Crippen LogP contribution in [0.2, 0.25) is 0 Å². The third-order valence-electron chi connectivity index (χ3n) is 2.60. The Bertz CT molecular complexity index is 422. The minimum absolute atomic E-state index is 0.206. The van der Waals surface area contributed by atoms with Gasteiger partial charge in [-0.05, 0) is 18.4 Å². The van der Waals surface area contributed by atoms with Crippen molar-refractivity contribution in [1.82, 2.24) is 9.97 Å². The summed E-state index contributed by atoms with van der Waals surface area (Å²) in [6, 6.07) is 10.1. The molecule has 2 aromatic rings. The topological polar surface area (TPSA) is 45.8 Å². The first-order chi connectivity index (χ1) is 7.90. The molecule has 1 aromatic heterocycles. The van der Waals surface area contributed by atoms with E-state index in [-0.39, 0.29) is 5.92 Å². The van der Waals surface area contributed by atoms with Crippen molar-refractivity contribution >= 4 is 6.29 Å². The van der Waals surface area contributed by atoms with Gasteiger partial charge in [0.1, 0.15) is 0 Å². The maximum absolute atomic E-state index is 10.9. The normalized spacial score (nSPS) is 12.2. The molecule has 0 bridgehead atoms. The van der Waals surface area contributed by atoms with Crippen LogP contribution in [0.5, 0.6) is 0 Å². The fraction of sp³-hybridized carbons (Fsp3) is 0.231. The summed E-state index contributed by atoms with van der Waals surface area (Å²) >= 11 is 0. The first-order valence-electron chi connectivity index (χ1n) is 5.30. The van der Waals surface area contributed by atoms with Gasteiger partial charge < -0.3 is 4.98 Å². The highest BCUT2D eigenvalue weighted by atomic mass is 16.1. The molecule has 16 heavy (non-hydrogen) atoms. The van der Waals surface area contributed by atoms with Gasteiger partial charge in [-0.3, -0.25) is 4.79 Å². The number of H-pyrrole nitrogens is 1. The van der Waals surface area contributed by atoms with Crippen molar-refractivity contribution < 1.29 is 4.79 Å². The van der Waals surface area contributed by atoms with Crippen LogP contribution in [0.25, 0.3) is 0 Å². The van der Waals surface area contributed by atoms with Crippen LogP contribution in [0.3, 0.4) is 0 Å². The molecule has 0 aliphatic carbocycles. The Morgan fingerprint density at radius 3 is 2.75 bits per heavy atom. The smallest absolute Gasteiger partial charge is 0.208 e. The quantitative estimate of drug-likeness (QED) is 0.827. The third-order valence-corrected chi connectivity index (χ3v) is 2.60. The lowest BCUT2D eigenvalue weighted by molar-refractivity contribution is 0.535. The van der Waals surface area contributed by atoms with Gasteiger partial charge >= 0.3 is 0 Å². The van der Waals surface area contributed by atoms with Crippen molar-refractivity contribution in [3.8, 4) is 0 Å². The molecule has 1 aromatic carbocycles. The summed E-state index contributed by atoms with van der Waals surface area (Å²) < 4.78 is 0. The molecule has 0 amide bonds. The van der Waals surface area contributed by atoms with Crippen molar-refractivity contribution in [3.63, 3.8) is 0 Å². The fourth-order valence-corrected chi connectivity index (χ4v) is 1.69. The first kappa shape index (κ1) is 10.6. The largest absolute Gasteiger partial charge is 0.348 e. The third kappa shape index (κ3) is 2.57. The van der Waals surface area contributed by atoms with Crippen LogP contribution in [0, 0.1) is 0 Å². The Kier molecular flexibility index (Phi) is 3.49. The van der Waals surface area contributed by atoms with Gasteiger partial charge in [0.15, 0.2) is 0 Å². The second-order valence-electron chi connectivity index (χ2n) is 3.70. The predicted octanol–water partition coefficient (Wildman–Crippen LogP) is 2.24. The number of aryl methyl sites for hydroxylation is 1. The van der Waals surface area contributed by atoms with Crippen molar-refractivity contribution in [1.29, 1.82) is 0 Å². The molecular formula is C13H13N2O. The number of hydrogen-bond donors (Lipinski definition) is 1. The van der Waals surface area contributed by atoms with Crippen molar-refractivity contribution in [2.24, 2.45) is 0 Å². The molecule has 1 heterocycles. The van der Waals surface area contributed by atoms with Crippen molar-refractivity contribution in [2.45, 2.75) is 18.8 Å². The minimum Gasteiger partial charge on any atom is -0.348 e. The van der Waals surface area contributed by atoms with E-state index in [2.05, 4.69) is 28.4 Å². The Balaban J connectivity index is 1.96. The number of imidazole rings is 1. The van der Waals surface area contributed by atoms with Gasteiger partial charge in [-0.15, -0.1) is 0 Å². The van der Waals surface area contributed by atoms with E-state index in [0.29, 0.717) is 0 Å². The molecule has 0 aliphatic heterocycles. The van der Waals surface area contributed by atoms with E-state index < -0.39 is 0 Å². The molecule has 3 nitrogen and oxygen atoms in total. The summed E-state index contributed by atoms with van der Waals surface area (Å²) in [5.41, 5.74) is 2.08. The number of aromatic amines is 1. The van der Waals surface area contributed by atoms with Crippen molar-refractivity contribution in [3.05, 3.63) is 54.1 Å². The van der Waals surface area contributed by atoms with Gasteiger partial charge in [0.2, 0.25) is 6.29 Å². The monoisotopic (exact) mass is 213 g/mol. The van der Waals surface area contributed by atoms with Crippen LogP contribution in [0.15, 0.2) is 42.9 Å². The summed E-state index contributed by atoms with van der Waals surface area (Å²) in [7, 11) is 0. The number of carbonyl (C=O) groups excluding carboxylic acids is 1. The molecule has 0 fully saturated rings. The number of aromatic nitrogens is 2. The SMILES string of the molecule is O=[C]C(CCc1ccccc1)c1cnc[nH]1. The van der Waals surface area contributed by atoms with Gasteiger partial charge in [-0.1, -0.05) is 30.3 Å². The highest BCUT2D eigenvalue weighted by molar-refractivity contribution is 5.61. The zero-order valence-corrected chi connectivity index (χ0v) is 8.89. The maximum atomic E-state index is 10.9. The van der Waals surface area contributed by atoms with Gasteiger partial charge in [-0.2, -0.15) is 0 Å². The van der Waals surface area contributed by atoms with E-state index in [1.165, 1.54) is 5.56 Å². The second kappa shape index (κ2) is 5.26. The van der Waals surface area contributed by atoms with Crippen molar-refractivity contribution in [2.75, 3.05) is 0 Å². The van der Waals surface area contributed by atoms with Crippen LogP contribution in [0.4, 0.5) is 0 Å². The standard InChI is InChI=1S/C13H13N2O/c16-9-12(13-8-14-10-15-13)7-6-11-4-2-1-3-5-11/h1-5,8,10,12H,6-7H2,(H,14,15). The van der Waals surface area contributed by atoms with Crippen LogP contribution in [0.1, 0.15) is 23.6 Å². The van der Waals surface area contributed by atoms with E-state index in [1.807, 2.05) is 18.2 Å². The molecule has 81 valence electrons. The zero-order chi connectivity index (χ0) is 11.2. The maximum Gasteiger partial charge on any atom is 0.208 e. The molecule has 0 saturated heterocycles. The summed E-state index contributed by atoms with van der Waals surface area (Å²) in [5.74, 6) is -0.206. The van der Waals surface area contributed by atoms with E-state index in [4.69, 9.17) is 0 Å². The number of benzene rings is 1. The Morgan fingerprint density at radius 2 is 2.12 bits per heavy atom. The summed E-state index contributed by atoms with van der Waals surface area (Å²) in [6.07, 6.45) is 6.95. The van der Waals surface area contributed by atoms with Gasteiger partial charge in [0.25, 0.3) is 0 Å². The lowest BCUT2D eigenvalue weighted by atomic mass is 9.98. The molecule has 1 atom stereocenters. The number of rotatable bonds is 5.